The van der Waals surface area contributed by atoms with Gasteiger partial charge in [0, 0.05) is 35.7 Å². The third-order valence-electron chi connectivity index (χ3n) is 3.88. The SMILES string of the molecule is COCCCNC(=O)Cn1cnc2scc(-c3ccc(Br)cc3)c2c1=O. The van der Waals surface area contributed by atoms with Crippen LogP contribution in [0.5, 0.6) is 0 Å². The van der Waals surface area contributed by atoms with Crippen molar-refractivity contribution in [3.05, 3.63) is 50.8 Å². The third-order valence-corrected chi connectivity index (χ3v) is 5.29. The normalized spacial score (nSPS) is 11.0. The second-order valence-corrected chi connectivity index (χ2v) is 7.48. The first-order valence-electron chi connectivity index (χ1n) is 8.08. The fraction of sp³-hybridized carbons (Fsp3) is 0.278. The molecule has 3 aromatic rings. The number of ether oxygens (including phenoxy) is 1. The fourth-order valence-electron chi connectivity index (χ4n) is 2.58. The Hall–Kier alpha value is -2.03. The molecule has 136 valence electrons. The van der Waals surface area contributed by atoms with Crippen molar-refractivity contribution in [2.24, 2.45) is 0 Å². The average molecular weight is 436 g/mol. The summed E-state index contributed by atoms with van der Waals surface area (Å²) in [5, 5.41) is 5.25. The zero-order valence-corrected chi connectivity index (χ0v) is 16.6. The quantitative estimate of drug-likeness (QED) is 0.578. The number of nitrogens with one attached hydrogen (secondary N) is 1. The standard InChI is InChI=1S/C18H18BrN3O3S/c1-25-8-2-7-20-15(23)9-22-11-21-17-16(18(22)24)14(10-26-17)12-3-5-13(19)6-4-12/h3-6,10-11H,2,7-9H2,1H3,(H,20,23). The van der Waals surface area contributed by atoms with Gasteiger partial charge in [-0.25, -0.2) is 4.98 Å². The summed E-state index contributed by atoms with van der Waals surface area (Å²) in [5.41, 5.74) is 1.58. The van der Waals surface area contributed by atoms with Crippen LogP contribution in [0, 0.1) is 0 Å². The Labute approximate surface area is 163 Å². The molecule has 0 radical (unpaired) electrons. The number of hydrogen-bond acceptors (Lipinski definition) is 5. The lowest BCUT2D eigenvalue weighted by Gasteiger charge is -2.07. The smallest absolute Gasteiger partial charge is 0.263 e. The van der Waals surface area contributed by atoms with Crippen LogP contribution in [0.4, 0.5) is 0 Å². The minimum atomic E-state index is -0.218. The molecule has 0 aliphatic carbocycles. The van der Waals surface area contributed by atoms with Crippen LogP contribution in [0.15, 0.2) is 45.2 Å². The van der Waals surface area contributed by atoms with Gasteiger partial charge in [-0.05, 0) is 24.1 Å². The van der Waals surface area contributed by atoms with Crippen molar-refractivity contribution >= 4 is 43.4 Å². The van der Waals surface area contributed by atoms with Crippen molar-refractivity contribution < 1.29 is 9.53 Å². The topological polar surface area (TPSA) is 73.2 Å². The summed E-state index contributed by atoms with van der Waals surface area (Å²) in [4.78, 5) is 29.9. The number of thiophene rings is 1. The van der Waals surface area contributed by atoms with E-state index in [1.165, 1.54) is 22.2 Å². The number of benzene rings is 1. The second-order valence-electron chi connectivity index (χ2n) is 5.71. The molecule has 0 fully saturated rings. The molecule has 6 nitrogen and oxygen atoms in total. The van der Waals surface area contributed by atoms with E-state index in [4.69, 9.17) is 4.74 Å². The van der Waals surface area contributed by atoms with Crippen LogP contribution < -0.4 is 10.9 Å². The van der Waals surface area contributed by atoms with Crippen LogP contribution in [0.1, 0.15) is 6.42 Å². The summed E-state index contributed by atoms with van der Waals surface area (Å²) in [5.74, 6) is -0.218. The van der Waals surface area contributed by atoms with Crippen LogP contribution in [0.2, 0.25) is 0 Å². The minimum Gasteiger partial charge on any atom is -0.385 e. The number of halogens is 1. The van der Waals surface area contributed by atoms with Crippen LogP contribution in [-0.2, 0) is 16.1 Å². The highest BCUT2D eigenvalue weighted by Gasteiger charge is 2.14. The Morgan fingerprint density at radius 2 is 2.12 bits per heavy atom. The number of hydrogen-bond donors (Lipinski definition) is 1. The van der Waals surface area contributed by atoms with E-state index >= 15 is 0 Å². The second kappa shape index (κ2) is 8.57. The van der Waals surface area contributed by atoms with Crippen LogP contribution in [0.25, 0.3) is 21.3 Å². The Morgan fingerprint density at radius 3 is 2.85 bits per heavy atom. The van der Waals surface area contributed by atoms with Gasteiger partial charge in [0.25, 0.3) is 5.56 Å². The maximum absolute atomic E-state index is 12.9. The highest BCUT2D eigenvalue weighted by atomic mass is 79.9. The molecule has 0 bridgehead atoms. The van der Waals surface area contributed by atoms with Crippen molar-refractivity contribution in [2.45, 2.75) is 13.0 Å². The van der Waals surface area contributed by atoms with Crippen molar-refractivity contribution in [1.29, 1.82) is 0 Å². The maximum atomic E-state index is 12.9. The zero-order chi connectivity index (χ0) is 18.5. The van der Waals surface area contributed by atoms with Gasteiger partial charge in [0.05, 0.1) is 11.7 Å². The number of fused-ring (bicyclic) bond motifs is 1. The lowest BCUT2D eigenvalue weighted by atomic mass is 10.1. The predicted octanol–water partition coefficient (Wildman–Crippen LogP) is 3.04. The van der Waals surface area contributed by atoms with E-state index in [1.54, 1.807) is 7.11 Å². The first-order valence-corrected chi connectivity index (χ1v) is 9.75. The Kier molecular flexibility index (Phi) is 6.18. The van der Waals surface area contributed by atoms with Gasteiger partial charge in [-0.15, -0.1) is 11.3 Å². The van der Waals surface area contributed by atoms with Crippen molar-refractivity contribution in [3.8, 4) is 11.1 Å². The number of carbonyl (C=O) groups excluding carboxylic acids is 1. The predicted molar refractivity (Wildman–Crippen MR) is 107 cm³/mol. The van der Waals surface area contributed by atoms with Crippen molar-refractivity contribution in [2.75, 3.05) is 20.3 Å². The van der Waals surface area contributed by atoms with Gasteiger partial charge >= 0.3 is 0 Å². The molecular weight excluding hydrogens is 418 g/mol. The van der Waals surface area contributed by atoms with Gasteiger partial charge in [0.1, 0.15) is 11.4 Å². The largest absolute Gasteiger partial charge is 0.385 e. The highest BCUT2D eigenvalue weighted by Crippen LogP contribution is 2.31. The van der Waals surface area contributed by atoms with Gasteiger partial charge < -0.3 is 10.1 Å². The molecule has 1 aromatic carbocycles. The molecule has 1 amide bonds. The lowest BCUT2D eigenvalue weighted by Crippen LogP contribution is -2.33. The summed E-state index contributed by atoms with van der Waals surface area (Å²) in [6.45, 7) is 1.04. The molecule has 0 unspecified atom stereocenters. The number of methoxy groups -OCH3 is 1. The molecule has 0 saturated heterocycles. The minimum absolute atomic E-state index is 0.0512. The summed E-state index contributed by atoms with van der Waals surface area (Å²) in [6, 6.07) is 7.76. The van der Waals surface area contributed by atoms with Gasteiger partial charge in [-0.3, -0.25) is 14.2 Å². The van der Waals surface area contributed by atoms with E-state index in [0.717, 1.165) is 22.0 Å². The zero-order valence-electron chi connectivity index (χ0n) is 14.2. The third kappa shape index (κ3) is 4.20. The molecule has 0 atom stereocenters. The Balaban J connectivity index is 1.86. The van der Waals surface area contributed by atoms with Gasteiger partial charge in [0.2, 0.25) is 5.91 Å². The van der Waals surface area contributed by atoms with Crippen LogP contribution >= 0.6 is 27.3 Å². The van der Waals surface area contributed by atoms with Gasteiger partial charge in [-0.1, -0.05) is 28.1 Å². The lowest BCUT2D eigenvalue weighted by molar-refractivity contribution is -0.121. The van der Waals surface area contributed by atoms with E-state index in [2.05, 4.69) is 26.2 Å². The molecule has 8 heteroatoms. The van der Waals surface area contributed by atoms with E-state index in [1.807, 2.05) is 29.6 Å². The maximum Gasteiger partial charge on any atom is 0.263 e. The van der Waals surface area contributed by atoms with E-state index in [0.29, 0.717) is 23.4 Å². The first-order chi connectivity index (χ1) is 12.6. The molecule has 26 heavy (non-hydrogen) atoms. The molecule has 1 N–H and O–H groups in total. The average Bonchev–Trinajstić information content (AvgIpc) is 3.07. The molecule has 2 heterocycles. The summed E-state index contributed by atoms with van der Waals surface area (Å²) >= 11 is 4.84. The Morgan fingerprint density at radius 1 is 1.35 bits per heavy atom. The molecule has 2 aromatic heterocycles. The van der Waals surface area contributed by atoms with Crippen LogP contribution in [-0.4, -0.2) is 35.7 Å². The van der Waals surface area contributed by atoms with E-state index in [-0.39, 0.29) is 18.0 Å². The number of nitrogens with zero attached hydrogens (tertiary/aromatic N) is 2. The molecular formula is C18H18BrN3O3S. The van der Waals surface area contributed by atoms with Crippen LogP contribution in [0.3, 0.4) is 0 Å². The highest BCUT2D eigenvalue weighted by molar-refractivity contribution is 9.10. The molecule has 3 rings (SSSR count). The van der Waals surface area contributed by atoms with Crippen molar-refractivity contribution in [1.82, 2.24) is 14.9 Å². The molecule has 0 aliphatic rings. The van der Waals surface area contributed by atoms with E-state index < -0.39 is 0 Å². The molecule has 0 aliphatic heterocycles. The van der Waals surface area contributed by atoms with E-state index in [9.17, 15) is 9.59 Å². The summed E-state index contributed by atoms with van der Waals surface area (Å²) in [6.07, 6.45) is 2.16. The molecule has 0 saturated carbocycles. The fourth-order valence-corrected chi connectivity index (χ4v) is 3.75. The molecule has 0 spiro atoms. The number of amides is 1. The van der Waals surface area contributed by atoms with Crippen molar-refractivity contribution in [3.63, 3.8) is 0 Å². The number of aromatic nitrogens is 2. The first kappa shape index (κ1) is 18.8. The number of carbonyl (C=O) groups is 1. The summed E-state index contributed by atoms with van der Waals surface area (Å²) in [7, 11) is 1.62. The monoisotopic (exact) mass is 435 g/mol. The summed E-state index contributed by atoms with van der Waals surface area (Å²) < 4.78 is 7.27. The number of rotatable bonds is 7. The Bertz CT molecular complexity index is 966. The van der Waals surface area contributed by atoms with Gasteiger partial charge in [0.15, 0.2) is 0 Å². The van der Waals surface area contributed by atoms with Gasteiger partial charge in [-0.2, -0.15) is 0 Å².